The molecule has 5 nitrogen and oxygen atoms in total. The molecular formula is C11H13BrN2O3. The molecule has 0 spiro atoms. The Labute approximate surface area is 108 Å². The molecule has 17 heavy (non-hydrogen) atoms. The number of amides is 2. The number of hydroxylamine groups is 1. The van der Waals surface area contributed by atoms with Crippen LogP contribution in [0.5, 0.6) is 0 Å². The molecule has 1 aromatic rings. The van der Waals surface area contributed by atoms with Crippen molar-refractivity contribution in [2.75, 3.05) is 13.2 Å². The molecule has 0 fully saturated rings. The Kier molecular flexibility index (Phi) is 5.65. The molecule has 1 aromatic carbocycles. The average Bonchev–Trinajstić information content (AvgIpc) is 2.33. The number of nitrogens with one attached hydrogen (secondary N) is 2. The monoisotopic (exact) mass is 300 g/mol. The van der Waals surface area contributed by atoms with Crippen LogP contribution in [0.15, 0.2) is 28.7 Å². The van der Waals surface area contributed by atoms with Gasteiger partial charge in [0.1, 0.15) is 0 Å². The minimum absolute atomic E-state index is 0.120. The summed E-state index contributed by atoms with van der Waals surface area (Å²) >= 11 is 3.27. The van der Waals surface area contributed by atoms with E-state index in [9.17, 15) is 9.59 Å². The molecule has 0 bridgehead atoms. The maximum atomic E-state index is 11.6. The summed E-state index contributed by atoms with van der Waals surface area (Å²) in [4.78, 5) is 27.5. The molecule has 2 amide bonds. The number of benzene rings is 1. The largest absolute Gasteiger partial charge is 0.343 e. The SMILES string of the molecule is CCONC(=O)CNC(=O)c1cccc(Br)c1. The van der Waals surface area contributed by atoms with Crippen molar-refractivity contribution in [3.8, 4) is 0 Å². The van der Waals surface area contributed by atoms with Crippen molar-refractivity contribution < 1.29 is 14.4 Å². The van der Waals surface area contributed by atoms with Crippen molar-refractivity contribution in [2.45, 2.75) is 6.92 Å². The molecule has 1 rings (SSSR count). The molecule has 0 heterocycles. The second-order valence-corrected chi connectivity index (χ2v) is 4.07. The van der Waals surface area contributed by atoms with E-state index in [-0.39, 0.29) is 12.5 Å². The first kappa shape index (κ1) is 13.7. The molecule has 2 N–H and O–H groups in total. The van der Waals surface area contributed by atoms with E-state index < -0.39 is 5.91 Å². The smallest absolute Gasteiger partial charge is 0.262 e. The van der Waals surface area contributed by atoms with Crippen LogP contribution < -0.4 is 10.8 Å². The van der Waals surface area contributed by atoms with Gasteiger partial charge < -0.3 is 5.32 Å². The fraction of sp³-hybridized carbons (Fsp3) is 0.273. The summed E-state index contributed by atoms with van der Waals surface area (Å²) < 4.78 is 0.809. The summed E-state index contributed by atoms with van der Waals surface area (Å²) in [5.41, 5.74) is 2.68. The van der Waals surface area contributed by atoms with Crippen molar-refractivity contribution >= 4 is 27.7 Å². The van der Waals surface area contributed by atoms with E-state index in [1.165, 1.54) is 0 Å². The van der Waals surface area contributed by atoms with Gasteiger partial charge in [-0.3, -0.25) is 14.4 Å². The zero-order valence-corrected chi connectivity index (χ0v) is 10.9. The molecule has 0 aliphatic rings. The minimum atomic E-state index is -0.393. The summed E-state index contributed by atoms with van der Waals surface area (Å²) in [6.45, 7) is 2.01. The maximum Gasteiger partial charge on any atom is 0.262 e. The first-order valence-electron chi connectivity index (χ1n) is 5.08. The number of carbonyl (C=O) groups excluding carboxylic acids is 2. The zero-order chi connectivity index (χ0) is 12.7. The highest BCUT2D eigenvalue weighted by Gasteiger charge is 2.07. The third kappa shape index (κ3) is 4.97. The van der Waals surface area contributed by atoms with Gasteiger partial charge in [0.05, 0.1) is 13.2 Å². The lowest BCUT2D eigenvalue weighted by Gasteiger charge is -2.06. The van der Waals surface area contributed by atoms with Crippen LogP contribution in [0.4, 0.5) is 0 Å². The third-order valence-electron chi connectivity index (χ3n) is 1.83. The number of hydrogen-bond acceptors (Lipinski definition) is 3. The van der Waals surface area contributed by atoms with Crippen molar-refractivity contribution in [1.29, 1.82) is 0 Å². The van der Waals surface area contributed by atoms with Crippen LogP contribution in [0.2, 0.25) is 0 Å². The van der Waals surface area contributed by atoms with Gasteiger partial charge in [0, 0.05) is 10.0 Å². The maximum absolute atomic E-state index is 11.6. The number of hydrogen-bond donors (Lipinski definition) is 2. The Morgan fingerprint density at radius 2 is 2.18 bits per heavy atom. The first-order chi connectivity index (χ1) is 8.13. The summed E-state index contributed by atoms with van der Waals surface area (Å²) in [6, 6.07) is 6.91. The minimum Gasteiger partial charge on any atom is -0.343 e. The highest BCUT2D eigenvalue weighted by molar-refractivity contribution is 9.10. The van der Waals surface area contributed by atoms with Gasteiger partial charge in [-0.1, -0.05) is 22.0 Å². The normalized spacial score (nSPS) is 9.76. The zero-order valence-electron chi connectivity index (χ0n) is 9.33. The van der Waals surface area contributed by atoms with Crippen molar-refractivity contribution in [1.82, 2.24) is 10.8 Å². The fourth-order valence-electron chi connectivity index (χ4n) is 1.08. The number of halogens is 1. The topological polar surface area (TPSA) is 67.4 Å². The van der Waals surface area contributed by atoms with Crippen LogP contribution in [-0.2, 0) is 9.63 Å². The van der Waals surface area contributed by atoms with E-state index in [4.69, 9.17) is 4.84 Å². The summed E-state index contributed by atoms with van der Waals surface area (Å²) in [7, 11) is 0. The quantitative estimate of drug-likeness (QED) is 0.804. The van der Waals surface area contributed by atoms with Crippen molar-refractivity contribution in [3.05, 3.63) is 34.3 Å². The van der Waals surface area contributed by atoms with Crippen LogP contribution in [-0.4, -0.2) is 25.0 Å². The van der Waals surface area contributed by atoms with Crippen LogP contribution in [0.25, 0.3) is 0 Å². The lowest BCUT2D eigenvalue weighted by atomic mass is 10.2. The Morgan fingerprint density at radius 1 is 1.41 bits per heavy atom. The lowest BCUT2D eigenvalue weighted by Crippen LogP contribution is -2.36. The van der Waals surface area contributed by atoms with Gasteiger partial charge in [-0.25, -0.2) is 5.48 Å². The van der Waals surface area contributed by atoms with Crippen molar-refractivity contribution in [2.24, 2.45) is 0 Å². The molecule has 0 aliphatic heterocycles. The molecular weight excluding hydrogens is 288 g/mol. The number of carbonyl (C=O) groups is 2. The Hall–Kier alpha value is -1.40. The number of rotatable bonds is 5. The fourth-order valence-corrected chi connectivity index (χ4v) is 1.48. The van der Waals surface area contributed by atoms with Gasteiger partial charge in [-0.05, 0) is 25.1 Å². The van der Waals surface area contributed by atoms with E-state index >= 15 is 0 Å². The Morgan fingerprint density at radius 3 is 2.82 bits per heavy atom. The molecule has 0 saturated heterocycles. The average molecular weight is 301 g/mol. The lowest BCUT2D eigenvalue weighted by molar-refractivity contribution is -0.132. The molecule has 0 atom stereocenters. The highest BCUT2D eigenvalue weighted by Crippen LogP contribution is 2.11. The van der Waals surface area contributed by atoms with Gasteiger partial charge in [-0.15, -0.1) is 0 Å². The van der Waals surface area contributed by atoms with E-state index in [2.05, 4.69) is 26.7 Å². The Balaban J connectivity index is 2.42. The molecule has 0 radical (unpaired) electrons. The van der Waals surface area contributed by atoms with E-state index in [1.807, 2.05) is 6.07 Å². The van der Waals surface area contributed by atoms with Gasteiger partial charge >= 0.3 is 0 Å². The first-order valence-corrected chi connectivity index (χ1v) is 5.87. The van der Waals surface area contributed by atoms with Crippen LogP contribution in [0.1, 0.15) is 17.3 Å². The van der Waals surface area contributed by atoms with Crippen LogP contribution >= 0.6 is 15.9 Å². The molecule has 0 saturated carbocycles. The Bertz CT molecular complexity index is 409. The second kappa shape index (κ2) is 7.03. The van der Waals surface area contributed by atoms with E-state index in [0.717, 1.165) is 4.47 Å². The highest BCUT2D eigenvalue weighted by atomic mass is 79.9. The van der Waals surface area contributed by atoms with Crippen LogP contribution in [0, 0.1) is 0 Å². The molecule has 0 aliphatic carbocycles. The van der Waals surface area contributed by atoms with Crippen molar-refractivity contribution in [3.63, 3.8) is 0 Å². The summed E-state index contributed by atoms with van der Waals surface area (Å²) in [5.74, 6) is -0.701. The van der Waals surface area contributed by atoms with E-state index in [0.29, 0.717) is 12.2 Å². The molecule has 0 aromatic heterocycles. The van der Waals surface area contributed by atoms with Gasteiger partial charge in [0.15, 0.2) is 0 Å². The standard InChI is InChI=1S/C11H13BrN2O3/c1-2-17-14-10(15)7-13-11(16)8-4-3-5-9(12)6-8/h3-6H,2,7H2,1H3,(H,13,16)(H,14,15). The molecule has 92 valence electrons. The van der Waals surface area contributed by atoms with Crippen LogP contribution in [0.3, 0.4) is 0 Å². The van der Waals surface area contributed by atoms with E-state index in [1.54, 1.807) is 25.1 Å². The third-order valence-corrected chi connectivity index (χ3v) is 2.32. The van der Waals surface area contributed by atoms with Gasteiger partial charge in [0.2, 0.25) is 0 Å². The van der Waals surface area contributed by atoms with Gasteiger partial charge in [0.25, 0.3) is 11.8 Å². The second-order valence-electron chi connectivity index (χ2n) is 3.15. The molecule has 0 unspecified atom stereocenters. The van der Waals surface area contributed by atoms with Gasteiger partial charge in [-0.2, -0.15) is 0 Å². The summed E-state index contributed by atoms with van der Waals surface area (Å²) in [6.07, 6.45) is 0. The molecule has 6 heteroatoms. The predicted molar refractivity (Wildman–Crippen MR) is 66.2 cm³/mol. The predicted octanol–water partition coefficient (Wildman–Crippen LogP) is 1.25. The summed E-state index contributed by atoms with van der Waals surface area (Å²) in [5, 5.41) is 2.48.